The van der Waals surface area contributed by atoms with Gasteiger partial charge in [0.1, 0.15) is 0 Å². The molecule has 5 heteroatoms. The Kier molecular flexibility index (Phi) is 4.37. The van der Waals surface area contributed by atoms with Gasteiger partial charge in [0.2, 0.25) is 5.91 Å². The molecule has 3 nitrogen and oxygen atoms in total. The number of carbonyl (C=O) groups excluding carboxylic acids is 1. The van der Waals surface area contributed by atoms with E-state index in [0.717, 1.165) is 12.1 Å². The smallest absolute Gasteiger partial charge is 0.236 e. The molecule has 1 aromatic carbocycles. The molecule has 0 bridgehead atoms. The lowest BCUT2D eigenvalue weighted by Gasteiger charge is -2.12. The summed E-state index contributed by atoms with van der Waals surface area (Å²) >= 11 is 0. The van der Waals surface area contributed by atoms with Crippen LogP contribution in [0.15, 0.2) is 18.2 Å². The van der Waals surface area contributed by atoms with Gasteiger partial charge in [-0.3, -0.25) is 4.79 Å². The van der Waals surface area contributed by atoms with Crippen LogP contribution in [0.2, 0.25) is 0 Å². The van der Waals surface area contributed by atoms with Crippen LogP contribution in [0.1, 0.15) is 12.5 Å². The molecule has 16 heavy (non-hydrogen) atoms. The van der Waals surface area contributed by atoms with Crippen molar-refractivity contribution in [2.45, 2.75) is 19.5 Å². The summed E-state index contributed by atoms with van der Waals surface area (Å²) in [5.74, 6) is -1.91. The van der Waals surface area contributed by atoms with Gasteiger partial charge in [-0.1, -0.05) is 6.07 Å². The zero-order valence-electron chi connectivity index (χ0n) is 9.18. The number of hydrogen-bond acceptors (Lipinski definition) is 2. The van der Waals surface area contributed by atoms with Gasteiger partial charge in [0.15, 0.2) is 11.6 Å². The zero-order valence-corrected chi connectivity index (χ0v) is 9.18. The Hall–Kier alpha value is -1.49. The fraction of sp³-hybridized carbons (Fsp3) is 0.364. The van der Waals surface area contributed by atoms with Crippen molar-refractivity contribution in [2.75, 3.05) is 7.05 Å². The molecule has 1 amide bonds. The summed E-state index contributed by atoms with van der Waals surface area (Å²) in [6, 6.07) is 3.27. The monoisotopic (exact) mass is 228 g/mol. The first-order valence-corrected chi connectivity index (χ1v) is 4.93. The molecule has 0 fully saturated rings. The number of amides is 1. The molecule has 2 N–H and O–H groups in total. The lowest BCUT2D eigenvalue weighted by Crippen LogP contribution is -2.40. The van der Waals surface area contributed by atoms with Crippen LogP contribution < -0.4 is 10.6 Å². The molecule has 0 saturated heterocycles. The lowest BCUT2D eigenvalue weighted by molar-refractivity contribution is -0.122. The summed E-state index contributed by atoms with van der Waals surface area (Å²) in [5, 5.41) is 5.38. The zero-order chi connectivity index (χ0) is 12.1. The minimum atomic E-state index is -0.883. The number of hydrogen-bond donors (Lipinski definition) is 2. The van der Waals surface area contributed by atoms with Crippen LogP contribution in [-0.2, 0) is 11.3 Å². The minimum absolute atomic E-state index is 0.150. The average Bonchev–Trinajstić information content (AvgIpc) is 2.29. The Balaban J connectivity index is 2.55. The maximum absolute atomic E-state index is 12.8. The normalized spacial score (nSPS) is 12.2. The Morgan fingerprint density at radius 2 is 2.06 bits per heavy atom. The standard InChI is InChI=1S/C11H14F2N2O/c1-7(11(16)14-2)15-6-8-3-4-9(12)10(13)5-8/h3-5,7,15H,6H2,1-2H3,(H,14,16). The molecule has 1 aromatic rings. The van der Waals surface area contributed by atoms with Gasteiger partial charge in [0, 0.05) is 13.6 Å². The highest BCUT2D eigenvalue weighted by atomic mass is 19.2. The fourth-order valence-corrected chi connectivity index (χ4v) is 1.23. The minimum Gasteiger partial charge on any atom is -0.358 e. The van der Waals surface area contributed by atoms with Crippen LogP contribution in [0.5, 0.6) is 0 Å². The Bertz CT molecular complexity index is 382. The number of carbonyl (C=O) groups is 1. The van der Waals surface area contributed by atoms with Crippen molar-refractivity contribution in [3.05, 3.63) is 35.4 Å². The highest BCUT2D eigenvalue weighted by molar-refractivity contribution is 5.80. The van der Waals surface area contributed by atoms with Crippen molar-refractivity contribution in [3.8, 4) is 0 Å². The van der Waals surface area contributed by atoms with E-state index in [2.05, 4.69) is 10.6 Å². The van der Waals surface area contributed by atoms with Gasteiger partial charge in [-0.15, -0.1) is 0 Å². The van der Waals surface area contributed by atoms with E-state index in [0.29, 0.717) is 12.1 Å². The predicted molar refractivity (Wildman–Crippen MR) is 56.7 cm³/mol. The topological polar surface area (TPSA) is 41.1 Å². The first-order valence-electron chi connectivity index (χ1n) is 4.93. The molecule has 1 atom stereocenters. The number of benzene rings is 1. The molecule has 0 aliphatic heterocycles. The van der Waals surface area contributed by atoms with Gasteiger partial charge in [-0.2, -0.15) is 0 Å². The Morgan fingerprint density at radius 3 is 2.62 bits per heavy atom. The van der Waals surface area contributed by atoms with E-state index in [-0.39, 0.29) is 11.9 Å². The van der Waals surface area contributed by atoms with E-state index in [4.69, 9.17) is 0 Å². The summed E-state index contributed by atoms with van der Waals surface area (Å²) < 4.78 is 25.5. The predicted octanol–water partition coefficient (Wildman–Crippen LogP) is 1.19. The van der Waals surface area contributed by atoms with Crippen molar-refractivity contribution in [1.82, 2.24) is 10.6 Å². The van der Waals surface area contributed by atoms with Gasteiger partial charge in [-0.05, 0) is 24.6 Å². The first-order chi connectivity index (χ1) is 7.54. The van der Waals surface area contributed by atoms with Gasteiger partial charge >= 0.3 is 0 Å². The highest BCUT2D eigenvalue weighted by Crippen LogP contribution is 2.08. The lowest BCUT2D eigenvalue weighted by atomic mass is 10.2. The third-order valence-electron chi connectivity index (χ3n) is 2.24. The van der Waals surface area contributed by atoms with E-state index < -0.39 is 11.6 Å². The van der Waals surface area contributed by atoms with E-state index >= 15 is 0 Å². The molecule has 0 aliphatic carbocycles. The van der Waals surface area contributed by atoms with Gasteiger partial charge < -0.3 is 10.6 Å². The number of rotatable bonds is 4. The van der Waals surface area contributed by atoms with Crippen molar-refractivity contribution in [1.29, 1.82) is 0 Å². The van der Waals surface area contributed by atoms with E-state index in [9.17, 15) is 13.6 Å². The second kappa shape index (κ2) is 5.55. The molecule has 0 spiro atoms. The highest BCUT2D eigenvalue weighted by Gasteiger charge is 2.10. The van der Waals surface area contributed by atoms with Crippen LogP contribution in [-0.4, -0.2) is 19.0 Å². The molecule has 0 radical (unpaired) electrons. The summed E-state index contributed by atoms with van der Waals surface area (Å²) in [4.78, 5) is 11.1. The van der Waals surface area contributed by atoms with Crippen LogP contribution in [0.4, 0.5) is 8.78 Å². The van der Waals surface area contributed by atoms with Gasteiger partial charge in [-0.25, -0.2) is 8.78 Å². The summed E-state index contributed by atoms with van der Waals surface area (Å²) in [6.45, 7) is 2.00. The molecule has 1 unspecified atom stereocenters. The van der Waals surface area contributed by atoms with E-state index in [1.807, 2.05) is 0 Å². The maximum Gasteiger partial charge on any atom is 0.236 e. The SMILES string of the molecule is CNC(=O)C(C)NCc1ccc(F)c(F)c1. The third kappa shape index (κ3) is 3.27. The summed E-state index contributed by atoms with van der Waals surface area (Å²) in [7, 11) is 1.54. The first kappa shape index (κ1) is 12.6. The third-order valence-corrected chi connectivity index (χ3v) is 2.24. The molecule has 0 aromatic heterocycles. The van der Waals surface area contributed by atoms with Gasteiger partial charge in [0.25, 0.3) is 0 Å². The van der Waals surface area contributed by atoms with Crippen LogP contribution in [0.25, 0.3) is 0 Å². The van der Waals surface area contributed by atoms with Gasteiger partial charge in [0.05, 0.1) is 6.04 Å². The second-order valence-corrected chi connectivity index (χ2v) is 3.47. The molecule has 0 aliphatic rings. The quantitative estimate of drug-likeness (QED) is 0.812. The van der Waals surface area contributed by atoms with Crippen LogP contribution in [0, 0.1) is 11.6 Å². The van der Waals surface area contributed by atoms with E-state index in [1.165, 1.54) is 13.1 Å². The molecule has 0 heterocycles. The number of nitrogens with one attached hydrogen (secondary N) is 2. The average molecular weight is 228 g/mol. The van der Waals surface area contributed by atoms with Crippen molar-refractivity contribution in [2.24, 2.45) is 0 Å². The maximum atomic E-state index is 12.8. The molecule has 88 valence electrons. The van der Waals surface area contributed by atoms with Crippen molar-refractivity contribution in [3.63, 3.8) is 0 Å². The summed E-state index contributed by atoms with van der Waals surface area (Å²) in [5.41, 5.74) is 0.592. The fourth-order valence-electron chi connectivity index (χ4n) is 1.23. The van der Waals surface area contributed by atoms with Crippen molar-refractivity contribution < 1.29 is 13.6 Å². The molecule has 1 rings (SSSR count). The number of likely N-dealkylation sites (N-methyl/N-ethyl adjacent to an activating group) is 1. The van der Waals surface area contributed by atoms with Crippen LogP contribution >= 0.6 is 0 Å². The Morgan fingerprint density at radius 1 is 1.38 bits per heavy atom. The molecular formula is C11H14F2N2O. The molecule has 0 saturated carbocycles. The Labute approximate surface area is 92.8 Å². The number of halogens is 2. The van der Waals surface area contributed by atoms with Crippen molar-refractivity contribution >= 4 is 5.91 Å². The largest absolute Gasteiger partial charge is 0.358 e. The van der Waals surface area contributed by atoms with E-state index in [1.54, 1.807) is 6.92 Å². The van der Waals surface area contributed by atoms with Crippen LogP contribution in [0.3, 0.4) is 0 Å². The second-order valence-electron chi connectivity index (χ2n) is 3.47. The summed E-state index contributed by atoms with van der Waals surface area (Å²) in [6.07, 6.45) is 0. The molecular weight excluding hydrogens is 214 g/mol.